The lowest BCUT2D eigenvalue weighted by atomic mass is 10.0. The average molecular weight is 297 g/mol. The molecule has 0 bridgehead atoms. The highest BCUT2D eigenvalue weighted by Gasteiger charge is 2.34. The maximum absolute atomic E-state index is 12.0. The highest BCUT2D eigenvalue weighted by molar-refractivity contribution is 5.77. The third-order valence-electron chi connectivity index (χ3n) is 4.25. The molecule has 0 aliphatic carbocycles. The second-order valence-electron chi connectivity index (χ2n) is 7.08. The summed E-state index contributed by atoms with van der Waals surface area (Å²) in [5.41, 5.74) is 4.93. The van der Waals surface area contributed by atoms with Gasteiger partial charge in [0.15, 0.2) is 0 Å². The lowest BCUT2D eigenvalue weighted by Crippen LogP contribution is -2.47. The molecule has 2 saturated heterocycles. The van der Waals surface area contributed by atoms with Crippen LogP contribution < -0.4 is 5.73 Å². The van der Waals surface area contributed by atoms with Crippen molar-refractivity contribution >= 4 is 12.0 Å². The van der Waals surface area contributed by atoms with Gasteiger partial charge in [-0.3, -0.25) is 9.69 Å². The van der Waals surface area contributed by atoms with E-state index >= 15 is 0 Å². The molecule has 0 aromatic rings. The Bertz CT molecular complexity index is 397. The number of piperidine rings is 1. The van der Waals surface area contributed by atoms with Gasteiger partial charge >= 0.3 is 6.09 Å². The van der Waals surface area contributed by atoms with E-state index in [9.17, 15) is 9.59 Å². The summed E-state index contributed by atoms with van der Waals surface area (Å²) in [6.45, 7) is 8.79. The number of amides is 2. The second kappa shape index (κ2) is 6.22. The Morgan fingerprint density at radius 3 is 2.19 bits per heavy atom. The Kier molecular flexibility index (Phi) is 4.76. The Balaban J connectivity index is 1.79. The highest BCUT2D eigenvalue weighted by Crippen LogP contribution is 2.25. The maximum atomic E-state index is 12.0. The first-order valence-electron chi connectivity index (χ1n) is 7.77. The summed E-state index contributed by atoms with van der Waals surface area (Å²) in [5, 5.41) is 0. The van der Waals surface area contributed by atoms with Gasteiger partial charge in [-0.25, -0.2) is 4.79 Å². The van der Waals surface area contributed by atoms with Crippen LogP contribution in [0.25, 0.3) is 0 Å². The predicted octanol–water partition coefficient (Wildman–Crippen LogP) is 1.19. The minimum atomic E-state index is -0.447. The van der Waals surface area contributed by atoms with E-state index in [0.29, 0.717) is 6.04 Å². The van der Waals surface area contributed by atoms with Crippen molar-refractivity contribution in [3.8, 4) is 0 Å². The van der Waals surface area contributed by atoms with Gasteiger partial charge in [0.2, 0.25) is 5.91 Å². The first kappa shape index (κ1) is 16.1. The van der Waals surface area contributed by atoms with Crippen LogP contribution in [0.5, 0.6) is 0 Å². The van der Waals surface area contributed by atoms with Crippen LogP contribution in [0, 0.1) is 5.92 Å². The van der Waals surface area contributed by atoms with E-state index in [-0.39, 0.29) is 17.9 Å². The van der Waals surface area contributed by atoms with E-state index in [1.54, 1.807) is 4.90 Å². The van der Waals surface area contributed by atoms with Crippen molar-refractivity contribution in [2.75, 3.05) is 26.2 Å². The zero-order valence-electron chi connectivity index (χ0n) is 13.3. The number of likely N-dealkylation sites (tertiary alicyclic amines) is 2. The van der Waals surface area contributed by atoms with Crippen LogP contribution in [0.4, 0.5) is 4.79 Å². The van der Waals surface area contributed by atoms with E-state index in [4.69, 9.17) is 10.5 Å². The molecule has 0 aromatic carbocycles. The number of carbonyl (C=O) groups is 2. The van der Waals surface area contributed by atoms with Crippen LogP contribution in [-0.2, 0) is 9.53 Å². The largest absolute Gasteiger partial charge is 0.444 e. The molecular weight excluding hydrogens is 270 g/mol. The van der Waals surface area contributed by atoms with E-state index < -0.39 is 5.60 Å². The maximum Gasteiger partial charge on any atom is 0.410 e. The first-order valence-corrected chi connectivity index (χ1v) is 7.77. The van der Waals surface area contributed by atoms with Gasteiger partial charge < -0.3 is 15.4 Å². The van der Waals surface area contributed by atoms with Crippen molar-refractivity contribution in [3.63, 3.8) is 0 Å². The molecule has 1 unspecified atom stereocenters. The molecule has 6 heteroatoms. The van der Waals surface area contributed by atoms with Gasteiger partial charge in [0.1, 0.15) is 5.60 Å². The fraction of sp³-hybridized carbons (Fsp3) is 0.867. The molecule has 2 fully saturated rings. The SMILES string of the molecule is CC(C)(C)OC(=O)N1CCC(N2CCC(C(N)=O)C2)CC1. The number of ether oxygens (including phenoxy) is 1. The summed E-state index contributed by atoms with van der Waals surface area (Å²) < 4.78 is 5.40. The van der Waals surface area contributed by atoms with Crippen molar-refractivity contribution in [2.45, 2.75) is 51.7 Å². The molecule has 2 N–H and O–H groups in total. The van der Waals surface area contributed by atoms with Crippen molar-refractivity contribution in [2.24, 2.45) is 11.7 Å². The molecule has 2 rings (SSSR count). The van der Waals surface area contributed by atoms with Gasteiger partial charge in [-0.05, 0) is 46.6 Å². The molecule has 6 nitrogen and oxygen atoms in total. The highest BCUT2D eigenvalue weighted by atomic mass is 16.6. The number of carbonyl (C=O) groups excluding carboxylic acids is 2. The van der Waals surface area contributed by atoms with E-state index in [0.717, 1.165) is 45.4 Å². The number of hydrogen-bond acceptors (Lipinski definition) is 4. The Labute approximate surface area is 126 Å². The van der Waals surface area contributed by atoms with Crippen LogP contribution in [0.3, 0.4) is 0 Å². The predicted molar refractivity (Wildman–Crippen MR) is 79.7 cm³/mol. The number of nitrogens with zero attached hydrogens (tertiary/aromatic N) is 2. The quantitative estimate of drug-likeness (QED) is 0.831. The Hall–Kier alpha value is -1.30. The minimum absolute atomic E-state index is 0.00566. The number of hydrogen-bond donors (Lipinski definition) is 1. The van der Waals surface area contributed by atoms with Gasteiger partial charge in [-0.15, -0.1) is 0 Å². The zero-order chi connectivity index (χ0) is 15.6. The van der Waals surface area contributed by atoms with Crippen LogP contribution in [0.2, 0.25) is 0 Å². The molecule has 0 radical (unpaired) electrons. The average Bonchev–Trinajstić information content (AvgIpc) is 2.86. The fourth-order valence-corrected chi connectivity index (χ4v) is 3.09. The summed E-state index contributed by atoms with van der Waals surface area (Å²) in [6.07, 6.45) is 2.51. The molecular formula is C15H27N3O3. The molecule has 0 saturated carbocycles. The summed E-state index contributed by atoms with van der Waals surface area (Å²) in [4.78, 5) is 27.4. The van der Waals surface area contributed by atoms with E-state index in [1.807, 2.05) is 20.8 Å². The molecule has 2 aliphatic heterocycles. The van der Waals surface area contributed by atoms with Crippen molar-refractivity contribution in [1.29, 1.82) is 0 Å². The molecule has 0 spiro atoms. The normalized spacial score (nSPS) is 25.1. The van der Waals surface area contributed by atoms with Crippen LogP contribution >= 0.6 is 0 Å². The Morgan fingerprint density at radius 1 is 1.10 bits per heavy atom. The van der Waals surface area contributed by atoms with Gasteiger partial charge in [0.05, 0.1) is 5.92 Å². The van der Waals surface area contributed by atoms with Crippen LogP contribution in [0.15, 0.2) is 0 Å². The standard InChI is InChI=1S/C15H27N3O3/c1-15(2,3)21-14(20)17-8-5-12(6-9-17)18-7-4-11(10-18)13(16)19/h11-12H,4-10H2,1-3H3,(H2,16,19). The molecule has 2 heterocycles. The first-order chi connectivity index (χ1) is 9.76. The smallest absolute Gasteiger partial charge is 0.410 e. The van der Waals surface area contributed by atoms with Crippen molar-refractivity contribution in [3.05, 3.63) is 0 Å². The Morgan fingerprint density at radius 2 is 1.71 bits per heavy atom. The van der Waals surface area contributed by atoms with Crippen LogP contribution in [-0.4, -0.2) is 59.6 Å². The minimum Gasteiger partial charge on any atom is -0.444 e. The van der Waals surface area contributed by atoms with Gasteiger partial charge in [-0.1, -0.05) is 0 Å². The van der Waals surface area contributed by atoms with Gasteiger partial charge in [-0.2, -0.15) is 0 Å². The number of primary amides is 1. The molecule has 120 valence electrons. The topological polar surface area (TPSA) is 75.9 Å². The summed E-state index contributed by atoms with van der Waals surface area (Å²) >= 11 is 0. The molecule has 2 amide bonds. The fourth-order valence-electron chi connectivity index (χ4n) is 3.09. The lowest BCUT2D eigenvalue weighted by Gasteiger charge is -2.37. The molecule has 2 aliphatic rings. The molecule has 1 atom stereocenters. The van der Waals surface area contributed by atoms with Gasteiger partial charge in [0.25, 0.3) is 0 Å². The third-order valence-corrected chi connectivity index (χ3v) is 4.25. The van der Waals surface area contributed by atoms with Gasteiger partial charge in [0, 0.05) is 25.7 Å². The molecule has 21 heavy (non-hydrogen) atoms. The monoisotopic (exact) mass is 297 g/mol. The number of rotatable bonds is 2. The van der Waals surface area contributed by atoms with E-state index in [1.165, 1.54) is 0 Å². The summed E-state index contributed by atoms with van der Waals surface area (Å²) in [7, 11) is 0. The zero-order valence-corrected chi connectivity index (χ0v) is 13.3. The summed E-state index contributed by atoms with van der Waals surface area (Å²) in [6, 6.07) is 0.452. The third kappa shape index (κ3) is 4.33. The second-order valence-corrected chi connectivity index (χ2v) is 7.08. The number of nitrogens with two attached hydrogens (primary N) is 1. The van der Waals surface area contributed by atoms with Crippen molar-refractivity contribution < 1.29 is 14.3 Å². The van der Waals surface area contributed by atoms with Crippen LogP contribution in [0.1, 0.15) is 40.0 Å². The summed E-state index contributed by atoms with van der Waals surface area (Å²) in [5.74, 6) is -0.197. The van der Waals surface area contributed by atoms with E-state index in [2.05, 4.69) is 4.90 Å². The lowest BCUT2D eigenvalue weighted by molar-refractivity contribution is -0.121. The van der Waals surface area contributed by atoms with Crippen molar-refractivity contribution in [1.82, 2.24) is 9.80 Å². The molecule has 0 aromatic heterocycles.